The van der Waals surface area contributed by atoms with E-state index < -0.39 is 0 Å². The molecule has 1 aliphatic heterocycles. The first-order valence-corrected chi connectivity index (χ1v) is 10.4. The zero-order valence-corrected chi connectivity index (χ0v) is 16.9. The Bertz CT molecular complexity index is 985. The molecule has 6 heteroatoms. The largest absolute Gasteiger partial charge is 0.352 e. The Labute approximate surface area is 176 Å². The van der Waals surface area contributed by atoms with Crippen molar-refractivity contribution in [3.63, 3.8) is 0 Å². The van der Waals surface area contributed by atoms with Crippen molar-refractivity contribution in [3.8, 4) is 5.69 Å². The molecule has 3 aromatic rings. The minimum Gasteiger partial charge on any atom is -0.352 e. The van der Waals surface area contributed by atoms with Gasteiger partial charge in [0.05, 0.1) is 18.0 Å². The highest BCUT2D eigenvalue weighted by molar-refractivity contribution is 5.82. The number of nitrogens with one attached hydrogen (secondary N) is 1. The molecule has 1 aliphatic rings. The highest BCUT2D eigenvalue weighted by Gasteiger charge is 2.28. The molecule has 0 saturated carbocycles. The van der Waals surface area contributed by atoms with Crippen molar-refractivity contribution in [1.29, 1.82) is 0 Å². The lowest BCUT2D eigenvalue weighted by molar-refractivity contribution is -0.135. The molecule has 1 fully saturated rings. The van der Waals surface area contributed by atoms with E-state index in [9.17, 15) is 9.59 Å². The van der Waals surface area contributed by atoms with E-state index in [2.05, 4.69) is 10.4 Å². The Morgan fingerprint density at radius 1 is 1.03 bits per heavy atom. The van der Waals surface area contributed by atoms with Crippen molar-refractivity contribution in [1.82, 2.24) is 20.0 Å². The summed E-state index contributed by atoms with van der Waals surface area (Å²) in [6.45, 7) is 1.64. The molecule has 1 unspecified atom stereocenters. The molecule has 2 amide bonds. The molecule has 0 bridgehead atoms. The average molecular weight is 402 g/mol. The van der Waals surface area contributed by atoms with Crippen LogP contribution in [0.3, 0.4) is 0 Å². The number of piperidine rings is 1. The second-order valence-electron chi connectivity index (χ2n) is 7.64. The van der Waals surface area contributed by atoms with E-state index in [1.165, 1.54) is 0 Å². The first-order chi connectivity index (χ1) is 14.7. The number of rotatable bonds is 6. The Balaban J connectivity index is 1.35. The molecule has 0 aliphatic carbocycles. The molecule has 1 atom stereocenters. The third-order valence-electron chi connectivity index (χ3n) is 5.54. The van der Waals surface area contributed by atoms with Gasteiger partial charge in [0.2, 0.25) is 11.8 Å². The smallest absolute Gasteiger partial charge is 0.227 e. The summed E-state index contributed by atoms with van der Waals surface area (Å²) in [5.74, 6) is -0.0828. The van der Waals surface area contributed by atoms with Crippen molar-refractivity contribution in [2.24, 2.45) is 5.92 Å². The second-order valence-corrected chi connectivity index (χ2v) is 7.64. The van der Waals surface area contributed by atoms with Crippen molar-refractivity contribution in [2.45, 2.75) is 25.8 Å². The van der Waals surface area contributed by atoms with Crippen LogP contribution in [0.4, 0.5) is 0 Å². The van der Waals surface area contributed by atoms with E-state index in [-0.39, 0.29) is 17.7 Å². The maximum atomic E-state index is 12.8. The van der Waals surface area contributed by atoms with Gasteiger partial charge in [0.15, 0.2) is 0 Å². The van der Waals surface area contributed by atoms with Gasteiger partial charge in [-0.3, -0.25) is 9.59 Å². The normalized spacial score (nSPS) is 16.3. The fourth-order valence-corrected chi connectivity index (χ4v) is 3.92. The van der Waals surface area contributed by atoms with Gasteiger partial charge in [0.25, 0.3) is 0 Å². The predicted molar refractivity (Wildman–Crippen MR) is 115 cm³/mol. The van der Waals surface area contributed by atoms with Crippen LogP contribution in [-0.2, 0) is 22.6 Å². The van der Waals surface area contributed by atoms with Gasteiger partial charge in [0, 0.05) is 32.0 Å². The number of para-hydroxylation sites is 1. The van der Waals surface area contributed by atoms with Crippen LogP contribution >= 0.6 is 0 Å². The SMILES string of the molecule is O=C(NCc1ccccc1-n1cccn1)C1CCCN(C(=O)Cc2ccccc2)C1. The maximum absolute atomic E-state index is 12.8. The Hall–Kier alpha value is -3.41. The third kappa shape index (κ3) is 4.76. The summed E-state index contributed by atoms with van der Waals surface area (Å²) >= 11 is 0. The standard InChI is InChI=1S/C24H26N4O2/c29-23(16-19-8-2-1-3-9-19)27-14-6-11-21(18-27)24(30)25-17-20-10-4-5-12-22(20)28-15-7-13-26-28/h1-5,7-10,12-13,15,21H,6,11,14,16-18H2,(H,25,30). The van der Waals surface area contributed by atoms with Crippen LogP contribution in [0.15, 0.2) is 73.1 Å². The molecule has 154 valence electrons. The molecule has 1 saturated heterocycles. The monoisotopic (exact) mass is 402 g/mol. The lowest BCUT2D eigenvalue weighted by atomic mass is 9.96. The number of nitrogens with zero attached hydrogens (tertiary/aromatic N) is 3. The molecule has 30 heavy (non-hydrogen) atoms. The van der Waals surface area contributed by atoms with E-state index in [0.29, 0.717) is 19.5 Å². The zero-order valence-electron chi connectivity index (χ0n) is 16.9. The summed E-state index contributed by atoms with van der Waals surface area (Å²) in [4.78, 5) is 27.3. The Morgan fingerprint density at radius 2 is 1.83 bits per heavy atom. The van der Waals surface area contributed by atoms with Crippen LogP contribution in [0, 0.1) is 5.92 Å². The highest BCUT2D eigenvalue weighted by Crippen LogP contribution is 2.19. The summed E-state index contributed by atoms with van der Waals surface area (Å²) in [5, 5.41) is 7.35. The van der Waals surface area contributed by atoms with Crippen molar-refractivity contribution in [2.75, 3.05) is 13.1 Å². The number of carbonyl (C=O) groups excluding carboxylic acids is 2. The number of hydrogen-bond acceptors (Lipinski definition) is 3. The van der Waals surface area contributed by atoms with Gasteiger partial charge in [-0.15, -0.1) is 0 Å². The Morgan fingerprint density at radius 3 is 2.63 bits per heavy atom. The van der Waals surface area contributed by atoms with Crippen LogP contribution in [0.2, 0.25) is 0 Å². The van der Waals surface area contributed by atoms with Gasteiger partial charge >= 0.3 is 0 Å². The van der Waals surface area contributed by atoms with Crippen LogP contribution in [0.1, 0.15) is 24.0 Å². The third-order valence-corrected chi connectivity index (χ3v) is 5.54. The molecular weight excluding hydrogens is 376 g/mol. The van der Waals surface area contributed by atoms with Gasteiger partial charge in [0.1, 0.15) is 0 Å². The second kappa shape index (κ2) is 9.39. The average Bonchev–Trinajstić information content (AvgIpc) is 3.33. The lowest BCUT2D eigenvalue weighted by Crippen LogP contribution is -2.45. The van der Waals surface area contributed by atoms with Gasteiger partial charge in [-0.05, 0) is 36.1 Å². The summed E-state index contributed by atoms with van der Waals surface area (Å²) in [7, 11) is 0. The van der Waals surface area contributed by atoms with E-state index in [0.717, 1.165) is 36.2 Å². The topological polar surface area (TPSA) is 67.2 Å². The number of hydrogen-bond donors (Lipinski definition) is 1. The van der Waals surface area contributed by atoms with Crippen LogP contribution in [-0.4, -0.2) is 39.6 Å². The number of likely N-dealkylation sites (tertiary alicyclic amines) is 1. The van der Waals surface area contributed by atoms with E-state index in [1.807, 2.05) is 71.8 Å². The molecule has 2 aromatic carbocycles. The first kappa shape index (κ1) is 19.9. The van der Waals surface area contributed by atoms with E-state index in [4.69, 9.17) is 0 Å². The fraction of sp³-hybridized carbons (Fsp3) is 0.292. The van der Waals surface area contributed by atoms with Crippen LogP contribution in [0.5, 0.6) is 0 Å². The lowest BCUT2D eigenvalue weighted by Gasteiger charge is -2.32. The number of amides is 2. The molecule has 2 heterocycles. The van der Waals surface area contributed by atoms with Crippen molar-refractivity contribution in [3.05, 3.63) is 84.2 Å². The maximum Gasteiger partial charge on any atom is 0.227 e. The van der Waals surface area contributed by atoms with E-state index in [1.54, 1.807) is 10.9 Å². The van der Waals surface area contributed by atoms with E-state index >= 15 is 0 Å². The summed E-state index contributed by atoms with van der Waals surface area (Å²) < 4.78 is 1.80. The number of benzene rings is 2. The van der Waals surface area contributed by atoms with Crippen molar-refractivity contribution < 1.29 is 9.59 Å². The predicted octanol–water partition coefficient (Wildman–Crippen LogP) is 2.97. The number of carbonyl (C=O) groups is 2. The van der Waals surface area contributed by atoms with Gasteiger partial charge < -0.3 is 10.2 Å². The molecule has 0 spiro atoms. The first-order valence-electron chi connectivity index (χ1n) is 10.4. The minimum atomic E-state index is -0.171. The highest BCUT2D eigenvalue weighted by atomic mass is 16.2. The molecule has 6 nitrogen and oxygen atoms in total. The summed E-state index contributed by atoms with van der Waals surface area (Å²) in [5.41, 5.74) is 2.96. The molecule has 1 aromatic heterocycles. The van der Waals surface area contributed by atoms with Crippen LogP contribution < -0.4 is 5.32 Å². The van der Waals surface area contributed by atoms with Gasteiger partial charge in [-0.1, -0.05) is 48.5 Å². The zero-order chi connectivity index (χ0) is 20.8. The summed E-state index contributed by atoms with van der Waals surface area (Å²) in [6.07, 6.45) is 5.66. The Kier molecular flexibility index (Phi) is 6.23. The molecule has 4 rings (SSSR count). The van der Waals surface area contributed by atoms with Crippen LogP contribution in [0.25, 0.3) is 5.69 Å². The number of aromatic nitrogens is 2. The molecule has 0 radical (unpaired) electrons. The van der Waals surface area contributed by atoms with Gasteiger partial charge in [-0.2, -0.15) is 5.10 Å². The molecule has 1 N–H and O–H groups in total. The van der Waals surface area contributed by atoms with Crippen molar-refractivity contribution >= 4 is 11.8 Å². The summed E-state index contributed by atoms with van der Waals surface area (Å²) in [6, 6.07) is 19.5. The minimum absolute atomic E-state index is 0.00230. The fourth-order valence-electron chi connectivity index (χ4n) is 3.92. The van der Waals surface area contributed by atoms with Gasteiger partial charge in [-0.25, -0.2) is 4.68 Å². The quantitative estimate of drug-likeness (QED) is 0.689. The molecular formula is C24H26N4O2.